The first-order chi connectivity index (χ1) is 7.63. The van der Waals surface area contributed by atoms with E-state index in [-0.39, 0.29) is 18.9 Å². The van der Waals surface area contributed by atoms with E-state index in [1.54, 1.807) is 10.8 Å². The molecule has 1 aliphatic rings. The predicted octanol–water partition coefficient (Wildman–Crippen LogP) is 0.745. The first-order valence-corrected chi connectivity index (χ1v) is 4.80. The molecule has 84 valence electrons. The molecule has 0 radical (unpaired) electrons. The van der Waals surface area contributed by atoms with Gasteiger partial charge in [0, 0.05) is 0 Å². The van der Waals surface area contributed by atoms with Crippen molar-refractivity contribution >= 4 is 11.9 Å². The van der Waals surface area contributed by atoms with Gasteiger partial charge in [-0.1, -0.05) is 6.08 Å². The molecule has 0 saturated heterocycles. The molecule has 2 heterocycles. The molecule has 1 aromatic heterocycles. The number of aromatic nitrogens is 2. The van der Waals surface area contributed by atoms with Gasteiger partial charge in [0.2, 0.25) is 0 Å². The molecule has 0 fully saturated rings. The Morgan fingerprint density at radius 2 is 2.38 bits per heavy atom. The molecule has 6 nitrogen and oxygen atoms in total. The van der Waals surface area contributed by atoms with Gasteiger partial charge in [-0.25, -0.2) is 4.79 Å². The van der Waals surface area contributed by atoms with E-state index in [4.69, 9.17) is 5.11 Å². The lowest BCUT2D eigenvalue weighted by Crippen LogP contribution is -2.39. The molecule has 0 aliphatic carbocycles. The van der Waals surface area contributed by atoms with Crippen LogP contribution in [-0.4, -0.2) is 38.2 Å². The third kappa shape index (κ3) is 1.58. The molecule has 6 heteroatoms. The van der Waals surface area contributed by atoms with Crippen molar-refractivity contribution in [2.75, 3.05) is 6.54 Å². The second-order valence-corrected chi connectivity index (χ2v) is 3.54. The maximum atomic E-state index is 11.6. The van der Waals surface area contributed by atoms with E-state index < -0.39 is 6.09 Å². The van der Waals surface area contributed by atoms with E-state index in [1.165, 1.54) is 6.20 Å². The summed E-state index contributed by atoms with van der Waals surface area (Å²) in [4.78, 5) is 23.5. The zero-order chi connectivity index (χ0) is 11.7. The van der Waals surface area contributed by atoms with E-state index in [2.05, 4.69) is 11.7 Å². The Hall–Kier alpha value is -2.11. The second-order valence-electron chi connectivity index (χ2n) is 3.54. The number of rotatable bonds is 2. The molecule has 0 aromatic carbocycles. The van der Waals surface area contributed by atoms with Crippen molar-refractivity contribution in [3.8, 4) is 0 Å². The monoisotopic (exact) mass is 221 g/mol. The molecule has 0 spiro atoms. The second kappa shape index (κ2) is 3.80. The summed E-state index contributed by atoms with van der Waals surface area (Å²) < 4.78 is 1.59. The number of Topliss-reactive ketones (excluding diaryl/α,β-unsaturated/α-hetero) is 1. The van der Waals surface area contributed by atoms with Crippen LogP contribution in [-0.2, 0) is 13.1 Å². The first kappa shape index (κ1) is 10.4. The van der Waals surface area contributed by atoms with Crippen LogP contribution in [0.25, 0.3) is 0 Å². The number of fused-ring (bicyclic) bond motifs is 1. The Balaban J connectivity index is 2.37. The van der Waals surface area contributed by atoms with Gasteiger partial charge in [0.1, 0.15) is 0 Å². The van der Waals surface area contributed by atoms with Gasteiger partial charge in [-0.15, -0.1) is 6.58 Å². The summed E-state index contributed by atoms with van der Waals surface area (Å²) in [5, 5.41) is 12.9. The summed E-state index contributed by atoms with van der Waals surface area (Å²) in [6, 6.07) is 0. The highest BCUT2D eigenvalue weighted by atomic mass is 16.4. The zero-order valence-electron chi connectivity index (χ0n) is 8.59. The van der Waals surface area contributed by atoms with Gasteiger partial charge in [0.25, 0.3) is 0 Å². The minimum atomic E-state index is -1.09. The molecule has 0 unspecified atom stereocenters. The van der Waals surface area contributed by atoms with Gasteiger partial charge in [-0.3, -0.25) is 14.4 Å². The highest BCUT2D eigenvalue weighted by Crippen LogP contribution is 2.18. The van der Waals surface area contributed by atoms with Gasteiger partial charge in [-0.05, 0) is 0 Å². The summed E-state index contributed by atoms with van der Waals surface area (Å²) in [7, 11) is 0. The van der Waals surface area contributed by atoms with Crippen LogP contribution in [0.2, 0.25) is 0 Å². The van der Waals surface area contributed by atoms with Gasteiger partial charge < -0.3 is 5.11 Å². The minimum absolute atomic E-state index is 0.0951. The number of carbonyl (C=O) groups is 2. The average Bonchev–Trinajstić information content (AvgIpc) is 2.63. The van der Waals surface area contributed by atoms with Crippen LogP contribution in [0.4, 0.5) is 4.79 Å². The van der Waals surface area contributed by atoms with Crippen LogP contribution >= 0.6 is 0 Å². The summed E-state index contributed by atoms with van der Waals surface area (Å²) >= 11 is 0. The summed E-state index contributed by atoms with van der Waals surface area (Å²) in [6.45, 7) is 4.15. The van der Waals surface area contributed by atoms with E-state index in [0.717, 1.165) is 4.90 Å². The minimum Gasteiger partial charge on any atom is -0.465 e. The molecule has 1 aliphatic heterocycles. The number of ketones is 1. The Labute approximate surface area is 91.8 Å². The number of allylic oxidation sites excluding steroid dienone is 1. The van der Waals surface area contributed by atoms with Crippen molar-refractivity contribution in [2.24, 2.45) is 0 Å². The lowest BCUT2D eigenvalue weighted by molar-refractivity contribution is 0.0870. The Morgan fingerprint density at radius 3 is 3.00 bits per heavy atom. The van der Waals surface area contributed by atoms with Gasteiger partial charge in [-0.2, -0.15) is 5.10 Å². The molecule has 1 aromatic rings. The molecule has 0 atom stereocenters. The maximum absolute atomic E-state index is 11.6. The molecule has 0 bridgehead atoms. The van der Waals surface area contributed by atoms with Crippen molar-refractivity contribution in [1.29, 1.82) is 0 Å². The smallest absolute Gasteiger partial charge is 0.408 e. The van der Waals surface area contributed by atoms with Crippen molar-refractivity contribution < 1.29 is 14.7 Å². The standard InChI is InChI=1S/C10H11N3O3/c1-2-3-13-8-5-12(10(15)16)6-9(14)7(8)4-11-13/h2,4H,1,3,5-6H2,(H,15,16). The molecule has 2 rings (SSSR count). The predicted molar refractivity (Wildman–Crippen MR) is 55.2 cm³/mol. The van der Waals surface area contributed by atoms with Gasteiger partial charge in [0.15, 0.2) is 5.78 Å². The molecule has 0 saturated carbocycles. The van der Waals surface area contributed by atoms with E-state index in [1.807, 2.05) is 0 Å². The number of hydrogen-bond acceptors (Lipinski definition) is 3. The van der Waals surface area contributed by atoms with Crippen LogP contribution < -0.4 is 0 Å². The molecule has 1 N–H and O–H groups in total. The van der Waals surface area contributed by atoms with E-state index >= 15 is 0 Å². The van der Waals surface area contributed by atoms with Crippen molar-refractivity contribution in [1.82, 2.24) is 14.7 Å². The molecular formula is C10H11N3O3. The largest absolute Gasteiger partial charge is 0.465 e. The zero-order valence-corrected chi connectivity index (χ0v) is 8.59. The van der Waals surface area contributed by atoms with E-state index in [9.17, 15) is 9.59 Å². The number of amides is 1. The van der Waals surface area contributed by atoms with Crippen LogP contribution in [0.15, 0.2) is 18.9 Å². The number of hydrogen-bond donors (Lipinski definition) is 1. The van der Waals surface area contributed by atoms with Crippen LogP contribution in [0.5, 0.6) is 0 Å². The Bertz CT molecular complexity index is 464. The van der Waals surface area contributed by atoms with Gasteiger partial charge >= 0.3 is 6.09 Å². The topological polar surface area (TPSA) is 75.4 Å². The van der Waals surface area contributed by atoms with E-state index in [0.29, 0.717) is 17.8 Å². The van der Waals surface area contributed by atoms with Crippen LogP contribution in [0.1, 0.15) is 16.1 Å². The fourth-order valence-corrected chi connectivity index (χ4v) is 1.72. The van der Waals surface area contributed by atoms with Crippen LogP contribution in [0, 0.1) is 0 Å². The fourth-order valence-electron chi connectivity index (χ4n) is 1.72. The van der Waals surface area contributed by atoms with Crippen LogP contribution in [0.3, 0.4) is 0 Å². The van der Waals surface area contributed by atoms with Crippen molar-refractivity contribution in [2.45, 2.75) is 13.1 Å². The molecule has 1 amide bonds. The third-order valence-corrected chi connectivity index (χ3v) is 2.50. The maximum Gasteiger partial charge on any atom is 0.408 e. The normalized spacial score (nSPS) is 14.8. The highest BCUT2D eigenvalue weighted by Gasteiger charge is 2.29. The lowest BCUT2D eigenvalue weighted by Gasteiger charge is -2.23. The van der Waals surface area contributed by atoms with Gasteiger partial charge in [0.05, 0.1) is 37.1 Å². The number of nitrogens with zero attached hydrogens (tertiary/aromatic N) is 3. The Morgan fingerprint density at radius 1 is 1.62 bits per heavy atom. The molecular weight excluding hydrogens is 210 g/mol. The fraction of sp³-hybridized carbons (Fsp3) is 0.300. The Kier molecular flexibility index (Phi) is 2.47. The average molecular weight is 221 g/mol. The summed E-state index contributed by atoms with van der Waals surface area (Å²) in [6.07, 6.45) is 2.04. The first-order valence-electron chi connectivity index (χ1n) is 4.80. The van der Waals surface area contributed by atoms with Crippen molar-refractivity contribution in [3.05, 3.63) is 30.1 Å². The summed E-state index contributed by atoms with van der Waals surface area (Å²) in [5.74, 6) is -0.209. The summed E-state index contributed by atoms with van der Waals surface area (Å²) in [5.41, 5.74) is 1.15. The number of carbonyl (C=O) groups excluding carboxylic acids is 1. The third-order valence-electron chi connectivity index (χ3n) is 2.50. The number of carboxylic acid groups (broad SMARTS) is 1. The quantitative estimate of drug-likeness (QED) is 0.747. The lowest BCUT2D eigenvalue weighted by atomic mass is 10.1. The molecule has 16 heavy (non-hydrogen) atoms. The highest BCUT2D eigenvalue weighted by molar-refractivity contribution is 6.00. The van der Waals surface area contributed by atoms with Crippen molar-refractivity contribution in [3.63, 3.8) is 0 Å². The SMILES string of the molecule is C=CCn1ncc2c1CN(C(=O)O)CC2=O.